The molecule has 3 heterocycles. The first-order valence-corrected chi connectivity index (χ1v) is 9.80. The highest BCUT2D eigenvalue weighted by Crippen LogP contribution is 2.36. The Labute approximate surface area is 166 Å². The molecule has 1 aromatic heterocycles. The molecular weight excluding hydrogens is 433 g/mol. The molecule has 1 saturated heterocycles. The van der Waals surface area contributed by atoms with Crippen molar-refractivity contribution < 1.29 is 0 Å². The number of hydrogen-bond acceptors (Lipinski definition) is 3. The predicted molar refractivity (Wildman–Crippen MR) is 114 cm³/mol. The number of fused-ring (bicyclic) bond motifs is 1. The molecule has 1 unspecified atom stereocenters. The van der Waals surface area contributed by atoms with Crippen LogP contribution in [0.1, 0.15) is 44.1 Å². The number of nitrogens with zero attached hydrogens (tertiary/aromatic N) is 3. The molecule has 0 saturated carbocycles. The summed E-state index contributed by atoms with van der Waals surface area (Å²) in [4.78, 5) is 9.09. The van der Waals surface area contributed by atoms with E-state index in [-0.39, 0.29) is 24.0 Å². The lowest BCUT2D eigenvalue weighted by molar-refractivity contribution is 0.522. The lowest BCUT2D eigenvalue weighted by atomic mass is 10.1. The minimum absolute atomic E-state index is 0. The number of hydrogen-bond donors (Lipinski definition) is 2. The summed E-state index contributed by atoms with van der Waals surface area (Å²) in [6.07, 6.45) is 9.50. The second-order valence-electron chi connectivity index (χ2n) is 6.80. The average molecular weight is 463 g/mol. The Bertz CT molecular complexity index is 528. The molecule has 2 aliphatic heterocycles. The number of halogens is 1. The van der Waals surface area contributed by atoms with E-state index in [2.05, 4.69) is 45.1 Å². The summed E-state index contributed by atoms with van der Waals surface area (Å²) in [6, 6.07) is 0. The van der Waals surface area contributed by atoms with Crippen molar-refractivity contribution in [3.63, 3.8) is 0 Å². The standard InChI is InChI=1S/C17H29N5S.HI/c1-17(8-5-11-23-17)13-20-16(18-2)19-9-7-14-12-22-10-4-3-6-15(22)21-14;/h12H,3-11,13H2,1-2H3,(H2,18,19,20);1H. The van der Waals surface area contributed by atoms with E-state index >= 15 is 0 Å². The summed E-state index contributed by atoms with van der Waals surface area (Å²) in [6.45, 7) is 5.34. The van der Waals surface area contributed by atoms with Crippen molar-refractivity contribution in [2.45, 2.75) is 56.7 Å². The summed E-state index contributed by atoms with van der Waals surface area (Å²) >= 11 is 2.08. The number of aliphatic imine (C=N–C) groups is 1. The maximum absolute atomic E-state index is 4.75. The highest BCUT2D eigenvalue weighted by atomic mass is 127. The van der Waals surface area contributed by atoms with Crippen LogP contribution in [-0.2, 0) is 19.4 Å². The summed E-state index contributed by atoms with van der Waals surface area (Å²) < 4.78 is 2.69. The second-order valence-corrected chi connectivity index (χ2v) is 8.49. The van der Waals surface area contributed by atoms with Crippen LogP contribution in [0.15, 0.2) is 11.2 Å². The van der Waals surface area contributed by atoms with Gasteiger partial charge in [0.25, 0.3) is 0 Å². The maximum Gasteiger partial charge on any atom is 0.191 e. The third-order valence-electron chi connectivity index (χ3n) is 4.79. The SMILES string of the molecule is CN=C(NCCc1cn2c(n1)CCCC2)NCC1(C)CCCS1.I. The Morgan fingerprint density at radius 1 is 1.38 bits per heavy atom. The van der Waals surface area contributed by atoms with Crippen LogP contribution < -0.4 is 10.6 Å². The zero-order valence-electron chi connectivity index (χ0n) is 14.8. The first-order valence-electron chi connectivity index (χ1n) is 8.82. The Morgan fingerprint density at radius 3 is 2.96 bits per heavy atom. The smallest absolute Gasteiger partial charge is 0.191 e. The topological polar surface area (TPSA) is 54.2 Å². The number of nitrogens with one attached hydrogen (secondary N) is 2. The van der Waals surface area contributed by atoms with Crippen molar-refractivity contribution in [1.82, 2.24) is 20.2 Å². The molecule has 2 N–H and O–H groups in total. The molecule has 0 bridgehead atoms. The van der Waals surface area contributed by atoms with Crippen molar-refractivity contribution in [2.75, 3.05) is 25.9 Å². The maximum atomic E-state index is 4.75. The van der Waals surface area contributed by atoms with Crippen LogP contribution in [0.25, 0.3) is 0 Å². The molecule has 0 spiro atoms. The van der Waals surface area contributed by atoms with E-state index in [1.54, 1.807) is 0 Å². The Hall–Kier alpha value is -0.440. The van der Waals surface area contributed by atoms with Crippen molar-refractivity contribution in [3.8, 4) is 0 Å². The van der Waals surface area contributed by atoms with Gasteiger partial charge in [0.05, 0.1) is 5.69 Å². The summed E-state index contributed by atoms with van der Waals surface area (Å²) in [5.74, 6) is 3.46. The molecule has 1 aromatic rings. The molecule has 1 atom stereocenters. The first-order chi connectivity index (χ1) is 11.2. The predicted octanol–water partition coefficient (Wildman–Crippen LogP) is 2.83. The molecule has 136 valence electrons. The summed E-state index contributed by atoms with van der Waals surface area (Å²) in [5, 5.41) is 6.90. The van der Waals surface area contributed by atoms with Gasteiger partial charge >= 0.3 is 0 Å². The number of aryl methyl sites for hydroxylation is 2. The molecule has 0 amide bonds. The molecule has 3 rings (SSSR count). The van der Waals surface area contributed by atoms with Gasteiger partial charge in [0.1, 0.15) is 5.82 Å². The fraction of sp³-hybridized carbons (Fsp3) is 0.765. The molecule has 2 aliphatic rings. The van der Waals surface area contributed by atoms with Gasteiger partial charge in [-0.15, -0.1) is 24.0 Å². The fourth-order valence-corrected chi connectivity index (χ4v) is 4.61. The van der Waals surface area contributed by atoms with E-state index in [0.29, 0.717) is 4.75 Å². The minimum Gasteiger partial charge on any atom is -0.356 e. The van der Waals surface area contributed by atoms with Crippen molar-refractivity contribution in [3.05, 3.63) is 17.7 Å². The minimum atomic E-state index is 0. The molecule has 7 heteroatoms. The first kappa shape index (κ1) is 19.9. The van der Waals surface area contributed by atoms with Crippen molar-refractivity contribution in [1.29, 1.82) is 0 Å². The van der Waals surface area contributed by atoms with Gasteiger partial charge in [-0.1, -0.05) is 0 Å². The molecule has 0 aliphatic carbocycles. The molecule has 1 fully saturated rings. The van der Waals surface area contributed by atoms with Crippen LogP contribution in [0, 0.1) is 0 Å². The number of guanidine groups is 1. The van der Waals surface area contributed by atoms with Gasteiger partial charge in [-0.3, -0.25) is 4.99 Å². The number of thioether (sulfide) groups is 1. The van der Waals surface area contributed by atoms with Gasteiger partial charge in [-0.25, -0.2) is 4.98 Å². The van der Waals surface area contributed by atoms with E-state index in [4.69, 9.17) is 4.98 Å². The van der Waals surface area contributed by atoms with Crippen LogP contribution in [-0.4, -0.2) is 46.1 Å². The van der Waals surface area contributed by atoms with Crippen molar-refractivity contribution >= 4 is 41.7 Å². The quantitative estimate of drug-likeness (QED) is 0.401. The fourth-order valence-electron chi connectivity index (χ4n) is 3.37. The van der Waals surface area contributed by atoms with Crippen LogP contribution in [0.2, 0.25) is 0 Å². The summed E-state index contributed by atoms with van der Waals surface area (Å²) in [7, 11) is 1.84. The van der Waals surface area contributed by atoms with E-state index < -0.39 is 0 Å². The third kappa shape index (κ3) is 5.28. The van der Waals surface area contributed by atoms with Crippen LogP contribution in [0.5, 0.6) is 0 Å². The lowest BCUT2D eigenvalue weighted by Crippen LogP contribution is -2.44. The molecule has 5 nitrogen and oxygen atoms in total. The highest BCUT2D eigenvalue weighted by Gasteiger charge is 2.29. The van der Waals surface area contributed by atoms with Crippen LogP contribution in [0.3, 0.4) is 0 Å². The van der Waals surface area contributed by atoms with Gasteiger partial charge in [0.15, 0.2) is 5.96 Å². The zero-order valence-corrected chi connectivity index (χ0v) is 18.0. The Balaban J connectivity index is 0.00000208. The van der Waals surface area contributed by atoms with Crippen molar-refractivity contribution in [2.24, 2.45) is 4.99 Å². The van der Waals surface area contributed by atoms with Gasteiger partial charge < -0.3 is 15.2 Å². The van der Waals surface area contributed by atoms with E-state index in [0.717, 1.165) is 38.4 Å². The lowest BCUT2D eigenvalue weighted by Gasteiger charge is -2.24. The molecule has 24 heavy (non-hydrogen) atoms. The molecule has 0 radical (unpaired) electrons. The Morgan fingerprint density at radius 2 is 2.25 bits per heavy atom. The van der Waals surface area contributed by atoms with Gasteiger partial charge in [0, 0.05) is 50.5 Å². The van der Waals surface area contributed by atoms with E-state index in [1.165, 1.54) is 43.0 Å². The second kappa shape index (κ2) is 9.31. The number of rotatable bonds is 5. The van der Waals surface area contributed by atoms with E-state index in [9.17, 15) is 0 Å². The Kier molecular flexibility index (Phi) is 7.71. The third-order valence-corrected chi connectivity index (χ3v) is 6.32. The monoisotopic (exact) mass is 463 g/mol. The summed E-state index contributed by atoms with van der Waals surface area (Å²) in [5.41, 5.74) is 1.20. The number of aromatic nitrogens is 2. The largest absolute Gasteiger partial charge is 0.356 e. The van der Waals surface area contributed by atoms with E-state index in [1.807, 2.05) is 7.05 Å². The molecular formula is C17H30IN5S. The average Bonchev–Trinajstić information content (AvgIpc) is 3.17. The highest BCUT2D eigenvalue weighted by molar-refractivity contribution is 14.0. The number of imidazole rings is 1. The zero-order chi connectivity index (χ0) is 16.1. The van der Waals surface area contributed by atoms with Gasteiger partial charge in [-0.05, 0) is 38.4 Å². The van der Waals surface area contributed by atoms with Gasteiger partial charge in [-0.2, -0.15) is 11.8 Å². The van der Waals surface area contributed by atoms with Gasteiger partial charge in [0.2, 0.25) is 0 Å². The van der Waals surface area contributed by atoms with Crippen LogP contribution >= 0.6 is 35.7 Å². The molecule has 0 aromatic carbocycles. The van der Waals surface area contributed by atoms with Crippen LogP contribution in [0.4, 0.5) is 0 Å². The normalized spacial score (nSPS) is 23.5.